The molecule has 4 heteroatoms. The third-order valence-electron chi connectivity index (χ3n) is 1.83. The van der Waals surface area contributed by atoms with Gasteiger partial charge in [0.1, 0.15) is 6.54 Å². The summed E-state index contributed by atoms with van der Waals surface area (Å²) in [4.78, 5) is 11.6. The molecule has 0 rings (SSSR count). The first-order valence-electron chi connectivity index (χ1n) is 4.04. The fourth-order valence-electron chi connectivity index (χ4n) is 1.11. The molecule has 0 heterocycles. The van der Waals surface area contributed by atoms with Crippen molar-refractivity contribution >= 4 is 5.97 Å². The van der Waals surface area contributed by atoms with Gasteiger partial charge in [-0.1, -0.05) is 0 Å². The van der Waals surface area contributed by atoms with Gasteiger partial charge in [0.15, 0.2) is 0 Å². The van der Waals surface area contributed by atoms with Crippen LogP contribution in [-0.2, 0) is 4.79 Å². The number of hydrogen-bond acceptors (Lipinski definition) is 3. The summed E-state index contributed by atoms with van der Waals surface area (Å²) in [5.74, 6) is -1.04. The average molecular weight is 175 g/mol. The number of aliphatic carboxylic acids is 1. The van der Waals surface area contributed by atoms with Crippen LogP contribution in [0.15, 0.2) is 0 Å². The monoisotopic (exact) mass is 175 g/mol. The maximum Gasteiger partial charge on any atom is 0.100 e. The molecule has 0 aliphatic heterocycles. The zero-order chi connectivity index (χ0) is 9.78. The van der Waals surface area contributed by atoms with Gasteiger partial charge in [-0.05, 0) is 13.8 Å². The Morgan fingerprint density at radius 1 is 1.58 bits per heavy atom. The van der Waals surface area contributed by atoms with Gasteiger partial charge in [0, 0.05) is 0 Å². The quantitative estimate of drug-likeness (QED) is 0.477. The van der Waals surface area contributed by atoms with Crippen molar-refractivity contribution in [3.63, 3.8) is 0 Å². The Labute approximate surface area is 72.8 Å². The van der Waals surface area contributed by atoms with Gasteiger partial charge in [-0.25, -0.2) is 0 Å². The number of hydrogen-bond donors (Lipinski definition) is 2. The summed E-state index contributed by atoms with van der Waals surface area (Å²) in [7, 11) is 1.85. The molecule has 1 unspecified atom stereocenters. The predicted molar refractivity (Wildman–Crippen MR) is 42.5 cm³/mol. The van der Waals surface area contributed by atoms with Crippen LogP contribution in [0.3, 0.4) is 0 Å². The van der Waals surface area contributed by atoms with Crippen LogP contribution in [0, 0.1) is 5.41 Å². The van der Waals surface area contributed by atoms with E-state index in [4.69, 9.17) is 5.11 Å². The number of carboxylic acids is 1. The average Bonchev–Trinajstić information content (AvgIpc) is 1.85. The molecule has 0 aromatic rings. The van der Waals surface area contributed by atoms with Gasteiger partial charge >= 0.3 is 0 Å². The van der Waals surface area contributed by atoms with Crippen molar-refractivity contribution in [1.82, 2.24) is 0 Å². The molecule has 4 nitrogen and oxygen atoms in total. The van der Waals surface area contributed by atoms with Crippen molar-refractivity contribution in [1.29, 1.82) is 0 Å². The van der Waals surface area contributed by atoms with Crippen LogP contribution in [0.25, 0.3) is 0 Å². The predicted octanol–water partition coefficient (Wildman–Crippen LogP) is -2.73. The summed E-state index contributed by atoms with van der Waals surface area (Å²) in [5.41, 5.74) is -0.820. The minimum absolute atomic E-state index is 0.0783. The van der Waals surface area contributed by atoms with E-state index in [1.807, 2.05) is 7.05 Å². The number of carbonyl (C=O) groups excluding carboxylic acids is 1. The van der Waals surface area contributed by atoms with Crippen LogP contribution >= 0.6 is 0 Å². The molecule has 0 saturated heterocycles. The number of rotatable bonds is 5. The fourth-order valence-corrected chi connectivity index (χ4v) is 1.11. The van der Waals surface area contributed by atoms with Crippen molar-refractivity contribution in [2.24, 2.45) is 5.41 Å². The summed E-state index contributed by atoms with van der Waals surface area (Å²) < 4.78 is 0. The van der Waals surface area contributed by atoms with Gasteiger partial charge in [0.25, 0.3) is 0 Å². The van der Waals surface area contributed by atoms with Crippen LogP contribution in [0.4, 0.5) is 0 Å². The van der Waals surface area contributed by atoms with E-state index in [0.717, 1.165) is 4.90 Å². The van der Waals surface area contributed by atoms with Gasteiger partial charge in [-0.2, -0.15) is 0 Å². The van der Waals surface area contributed by atoms with E-state index >= 15 is 0 Å². The number of carbonyl (C=O) groups is 1. The van der Waals surface area contributed by atoms with Crippen molar-refractivity contribution in [3.8, 4) is 0 Å². The van der Waals surface area contributed by atoms with Crippen LogP contribution in [0.1, 0.15) is 13.8 Å². The summed E-state index contributed by atoms with van der Waals surface area (Å²) in [6.07, 6.45) is 0. The first-order chi connectivity index (χ1) is 5.40. The molecule has 0 aromatic heterocycles. The molecule has 2 N–H and O–H groups in total. The molecule has 0 amide bonds. The lowest BCUT2D eigenvalue weighted by molar-refractivity contribution is -0.885. The van der Waals surface area contributed by atoms with Gasteiger partial charge in [-0.3, -0.25) is 0 Å². The molecule has 0 bridgehead atoms. The molecule has 0 fully saturated rings. The SMILES string of the molecule is C[NH+](CCO)CC(C)(C)C(=O)[O-]. The summed E-state index contributed by atoms with van der Waals surface area (Å²) in [6, 6.07) is 0. The highest BCUT2D eigenvalue weighted by Crippen LogP contribution is 2.09. The first kappa shape index (κ1) is 11.4. The smallest absolute Gasteiger partial charge is 0.100 e. The van der Waals surface area contributed by atoms with Crippen molar-refractivity contribution in [2.75, 3.05) is 26.7 Å². The molecule has 0 aliphatic carbocycles. The van der Waals surface area contributed by atoms with Crippen molar-refractivity contribution in [2.45, 2.75) is 13.8 Å². The van der Waals surface area contributed by atoms with E-state index in [1.165, 1.54) is 0 Å². The summed E-state index contributed by atoms with van der Waals surface area (Å²) in [6.45, 7) is 4.37. The van der Waals surface area contributed by atoms with E-state index < -0.39 is 11.4 Å². The van der Waals surface area contributed by atoms with Crippen LogP contribution in [-0.4, -0.2) is 37.8 Å². The van der Waals surface area contributed by atoms with E-state index in [2.05, 4.69) is 0 Å². The standard InChI is InChI=1S/C8H17NO3/c1-8(2,7(11)12)6-9(3)4-5-10/h10H,4-6H2,1-3H3,(H,11,12). The second kappa shape index (κ2) is 4.42. The maximum absolute atomic E-state index is 10.6. The van der Waals surface area contributed by atoms with E-state index in [1.54, 1.807) is 13.8 Å². The van der Waals surface area contributed by atoms with Gasteiger partial charge in [0.2, 0.25) is 0 Å². The molecule has 0 spiro atoms. The second-order valence-corrected chi connectivity index (χ2v) is 3.78. The first-order valence-corrected chi connectivity index (χ1v) is 4.04. The molecular weight excluding hydrogens is 158 g/mol. The summed E-state index contributed by atoms with van der Waals surface area (Å²) in [5, 5.41) is 19.2. The zero-order valence-corrected chi connectivity index (χ0v) is 7.89. The third-order valence-corrected chi connectivity index (χ3v) is 1.83. The Hall–Kier alpha value is -0.610. The van der Waals surface area contributed by atoms with Crippen LogP contribution in [0.5, 0.6) is 0 Å². The van der Waals surface area contributed by atoms with Gasteiger partial charge in [0.05, 0.1) is 31.6 Å². The highest BCUT2D eigenvalue weighted by atomic mass is 16.4. The summed E-state index contributed by atoms with van der Waals surface area (Å²) >= 11 is 0. The molecule has 0 radical (unpaired) electrons. The largest absolute Gasteiger partial charge is 0.549 e. The topological polar surface area (TPSA) is 64.8 Å². The van der Waals surface area contributed by atoms with Crippen molar-refractivity contribution in [3.05, 3.63) is 0 Å². The highest BCUT2D eigenvalue weighted by Gasteiger charge is 2.23. The zero-order valence-electron chi connectivity index (χ0n) is 7.89. The molecule has 1 atom stereocenters. The molecule has 12 heavy (non-hydrogen) atoms. The Bertz CT molecular complexity index is 156. The number of aliphatic hydroxyl groups is 1. The van der Waals surface area contributed by atoms with Crippen LogP contribution in [0.2, 0.25) is 0 Å². The Kier molecular flexibility index (Phi) is 4.20. The van der Waals surface area contributed by atoms with Crippen molar-refractivity contribution < 1.29 is 19.9 Å². The van der Waals surface area contributed by atoms with E-state index in [-0.39, 0.29) is 6.61 Å². The number of carboxylic acid groups (broad SMARTS) is 1. The number of aliphatic hydroxyl groups excluding tert-OH is 1. The Morgan fingerprint density at radius 2 is 2.08 bits per heavy atom. The minimum Gasteiger partial charge on any atom is -0.549 e. The maximum atomic E-state index is 10.6. The Morgan fingerprint density at radius 3 is 2.42 bits per heavy atom. The van der Waals surface area contributed by atoms with Crippen LogP contribution < -0.4 is 10.0 Å². The lowest BCUT2D eigenvalue weighted by Crippen LogP contribution is -3.11. The Balaban J connectivity index is 3.96. The highest BCUT2D eigenvalue weighted by molar-refractivity contribution is 5.71. The third kappa shape index (κ3) is 3.69. The number of likely N-dealkylation sites (N-methyl/N-ethyl adjacent to an activating group) is 1. The lowest BCUT2D eigenvalue weighted by atomic mass is 9.93. The molecule has 0 aliphatic rings. The molecule has 0 aromatic carbocycles. The molecular formula is C8H17NO3. The number of nitrogens with one attached hydrogen (secondary N) is 1. The van der Waals surface area contributed by atoms with Gasteiger partial charge < -0.3 is 19.9 Å². The number of quaternary nitrogens is 1. The van der Waals surface area contributed by atoms with Gasteiger partial charge in [-0.15, -0.1) is 0 Å². The normalized spacial score (nSPS) is 14.3. The molecule has 72 valence electrons. The minimum atomic E-state index is -1.04. The van der Waals surface area contributed by atoms with E-state index in [9.17, 15) is 9.90 Å². The fraction of sp³-hybridized carbons (Fsp3) is 0.875. The second-order valence-electron chi connectivity index (χ2n) is 3.78. The lowest BCUT2D eigenvalue weighted by Gasteiger charge is -2.28. The van der Waals surface area contributed by atoms with E-state index in [0.29, 0.717) is 13.1 Å². The molecule has 0 saturated carbocycles.